The molecule has 31 heavy (non-hydrogen) atoms. The third-order valence-electron chi connectivity index (χ3n) is 6.96. The second-order valence-electron chi connectivity index (χ2n) is 8.81. The molecule has 1 aromatic carbocycles. The highest BCUT2D eigenvalue weighted by Crippen LogP contribution is 2.33. The van der Waals surface area contributed by atoms with E-state index in [4.69, 9.17) is 4.42 Å². The van der Waals surface area contributed by atoms with E-state index in [1.807, 2.05) is 0 Å². The molecule has 0 saturated carbocycles. The van der Waals surface area contributed by atoms with Crippen molar-refractivity contribution < 1.29 is 17.6 Å². The van der Waals surface area contributed by atoms with Crippen molar-refractivity contribution in [2.45, 2.75) is 55.5 Å². The van der Waals surface area contributed by atoms with E-state index in [-0.39, 0.29) is 42.5 Å². The molecule has 1 amide bonds. The summed E-state index contributed by atoms with van der Waals surface area (Å²) in [5.74, 6) is 0.0475. The normalized spacial score (nSPS) is 30.5. The van der Waals surface area contributed by atoms with E-state index in [2.05, 4.69) is 27.6 Å². The number of nitrogens with one attached hydrogen (secondary N) is 2. The highest BCUT2D eigenvalue weighted by Gasteiger charge is 2.37. The van der Waals surface area contributed by atoms with Crippen molar-refractivity contribution in [1.82, 2.24) is 20.5 Å². The summed E-state index contributed by atoms with van der Waals surface area (Å²) in [5, 5.41) is 5.47. The van der Waals surface area contributed by atoms with Crippen molar-refractivity contribution in [3.63, 3.8) is 0 Å². The Morgan fingerprint density at radius 1 is 1.26 bits per heavy atom. The summed E-state index contributed by atoms with van der Waals surface area (Å²) in [7, 11) is -1.13. The van der Waals surface area contributed by atoms with Crippen LogP contribution in [0.3, 0.4) is 0 Å². The number of para-hydroxylation sites is 1. The lowest BCUT2D eigenvalue weighted by Crippen LogP contribution is -2.55. The van der Waals surface area contributed by atoms with E-state index in [0.29, 0.717) is 35.3 Å². The third kappa shape index (κ3) is 4.20. The summed E-state index contributed by atoms with van der Waals surface area (Å²) >= 11 is 0. The van der Waals surface area contributed by atoms with Crippen LogP contribution in [-0.2, 0) is 9.84 Å². The summed E-state index contributed by atoms with van der Waals surface area (Å²) < 4.78 is 30.7. The number of halogens is 1. The smallest absolute Gasteiger partial charge is 0.253 e. The van der Waals surface area contributed by atoms with Crippen LogP contribution in [-0.4, -0.2) is 68.2 Å². The second kappa shape index (κ2) is 8.69. The summed E-state index contributed by atoms with van der Waals surface area (Å²) in [6.07, 6.45) is 5.56. The number of carbonyl (C=O) groups is 1. The fourth-order valence-corrected chi connectivity index (χ4v) is 6.73. The van der Waals surface area contributed by atoms with E-state index < -0.39 is 15.1 Å². The standard InChI is InChI=1S/C21H28N4O4S.ClH/c1-25-14-4-2-5-15(25)11-13(10-14)23-20(26)16-6-3-7-17-19(16)24-21(29-17)18-12-22-8-9-30(18,27)28;/h3,6-7,13-15,18,22H,2,4-5,8-12H2,1H3,(H,23,26);1H. The van der Waals surface area contributed by atoms with Gasteiger partial charge in [-0.2, -0.15) is 0 Å². The average Bonchev–Trinajstić information content (AvgIpc) is 3.12. The van der Waals surface area contributed by atoms with Gasteiger partial charge in [0.25, 0.3) is 5.91 Å². The van der Waals surface area contributed by atoms with Crippen LogP contribution in [0.5, 0.6) is 0 Å². The van der Waals surface area contributed by atoms with Crippen LogP contribution in [0.25, 0.3) is 11.1 Å². The number of carbonyl (C=O) groups excluding carboxylic acids is 1. The van der Waals surface area contributed by atoms with Gasteiger partial charge in [-0.05, 0) is 44.9 Å². The van der Waals surface area contributed by atoms with Gasteiger partial charge in [0.05, 0.1) is 11.3 Å². The van der Waals surface area contributed by atoms with E-state index >= 15 is 0 Å². The topological polar surface area (TPSA) is 105 Å². The summed E-state index contributed by atoms with van der Waals surface area (Å²) in [4.78, 5) is 20.0. The van der Waals surface area contributed by atoms with Gasteiger partial charge in [-0.3, -0.25) is 4.79 Å². The number of nitrogens with zero attached hydrogens (tertiary/aromatic N) is 2. The molecule has 0 aliphatic carbocycles. The number of piperidine rings is 2. The minimum Gasteiger partial charge on any atom is -0.439 e. The Morgan fingerprint density at radius 2 is 2.00 bits per heavy atom. The van der Waals surface area contributed by atoms with Crippen LogP contribution in [0.2, 0.25) is 0 Å². The molecule has 4 heterocycles. The maximum Gasteiger partial charge on any atom is 0.253 e. The monoisotopic (exact) mass is 468 g/mol. The average molecular weight is 469 g/mol. The Morgan fingerprint density at radius 3 is 2.71 bits per heavy atom. The number of oxazole rings is 1. The highest BCUT2D eigenvalue weighted by atomic mass is 35.5. The van der Waals surface area contributed by atoms with E-state index in [0.717, 1.165) is 12.8 Å². The molecule has 2 bridgehead atoms. The molecule has 2 N–H and O–H groups in total. The first-order chi connectivity index (χ1) is 14.4. The number of hydrogen-bond acceptors (Lipinski definition) is 7. The Kier molecular flexibility index (Phi) is 6.31. The highest BCUT2D eigenvalue weighted by molar-refractivity contribution is 7.91. The zero-order valence-electron chi connectivity index (χ0n) is 17.5. The van der Waals surface area contributed by atoms with Crippen LogP contribution < -0.4 is 10.6 Å². The SMILES string of the molecule is CN1C2CCCC1CC(NC(=O)c1cccc3oc(C4CNCCS4(=O)=O)nc13)C2.Cl. The molecule has 10 heteroatoms. The summed E-state index contributed by atoms with van der Waals surface area (Å²) in [5.41, 5.74) is 1.31. The molecule has 1 aromatic heterocycles. The molecule has 5 rings (SSSR count). The van der Waals surface area contributed by atoms with Crippen LogP contribution in [0.4, 0.5) is 0 Å². The molecule has 3 aliphatic heterocycles. The first kappa shape index (κ1) is 22.5. The molecule has 3 aliphatic rings. The van der Waals surface area contributed by atoms with E-state index in [1.165, 1.54) is 19.3 Å². The van der Waals surface area contributed by atoms with Crippen molar-refractivity contribution in [1.29, 1.82) is 0 Å². The molecule has 3 unspecified atom stereocenters. The van der Waals surface area contributed by atoms with Crippen LogP contribution in [0.1, 0.15) is 53.6 Å². The van der Waals surface area contributed by atoms with Gasteiger partial charge in [0.2, 0.25) is 5.89 Å². The van der Waals surface area contributed by atoms with Crippen LogP contribution in [0.15, 0.2) is 22.6 Å². The van der Waals surface area contributed by atoms with Crippen molar-refractivity contribution in [2.75, 3.05) is 25.9 Å². The minimum absolute atomic E-state index is 0. The van der Waals surface area contributed by atoms with Gasteiger partial charge in [0, 0.05) is 31.2 Å². The van der Waals surface area contributed by atoms with Gasteiger partial charge in [-0.1, -0.05) is 12.5 Å². The molecular formula is C21H29ClN4O4S. The molecule has 3 saturated heterocycles. The summed E-state index contributed by atoms with van der Waals surface area (Å²) in [6, 6.07) is 6.42. The van der Waals surface area contributed by atoms with Gasteiger partial charge >= 0.3 is 0 Å². The number of aromatic nitrogens is 1. The van der Waals surface area contributed by atoms with Crippen LogP contribution >= 0.6 is 12.4 Å². The van der Waals surface area contributed by atoms with Crippen molar-refractivity contribution >= 4 is 39.3 Å². The Labute approximate surface area is 188 Å². The third-order valence-corrected chi connectivity index (χ3v) is 8.97. The van der Waals surface area contributed by atoms with Gasteiger partial charge in [0.1, 0.15) is 10.8 Å². The minimum atomic E-state index is -3.32. The fraction of sp³-hybridized carbons (Fsp3) is 0.619. The second-order valence-corrected chi connectivity index (χ2v) is 11.1. The predicted octanol–water partition coefficient (Wildman–Crippen LogP) is 2.05. The number of benzene rings is 1. The molecule has 0 radical (unpaired) electrons. The Balaban J connectivity index is 0.00000231. The lowest BCUT2D eigenvalue weighted by molar-refractivity contribution is 0.0463. The van der Waals surface area contributed by atoms with E-state index in [1.54, 1.807) is 18.2 Å². The fourth-order valence-electron chi connectivity index (χ4n) is 5.24. The molecule has 8 nitrogen and oxygen atoms in total. The van der Waals surface area contributed by atoms with Gasteiger partial charge in [-0.15, -0.1) is 12.4 Å². The first-order valence-electron chi connectivity index (χ1n) is 10.8. The Bertz CT molecular complexity index is 1060. The van der Waals surface area contributed by atoms with Gasteiger partial charge < -0.3 is 20.0 Å². The zero-order valence-corrected chi connectivity index (χ0v) is 19.2. The number of fused-ring (bicyclic) bond motifs is 3. The lowest BCUT2D eigenvalue weighted by atomic mass is 9.82. The zero-order chi connectivity index (χ0) is 20.9. The number of rotatable bonds is 3. The van der Waals surface area contributed by atoms with E-state index in [9.17, 15) is 13.2 Å². The lowest BCUT2D eigenvalue weighted by Gasteiger charge is -2.47. The molecular weight excluding hydrogens is 440 g/mol. The molecule has 3 fully saturated rings. The Hall–Kier alpha value is -1.68. The molecule has 3 atom stereocenters. The maximum atomic E-state index is 13.1. The van der Waals surface area contributed by atoms with Crippen LogP contribution in [0, 0.1) is 0 Å². The van der Waals surface area contributed by atoms with Crippen molar-refractivity contribution in [3.8, 4) is 0 Å². The summed E-state index contributed by atoms with van der Waals surface area (Å²) in [6.45, 7) is 0.709. The quantitative estimate of drug-likeness (QED) is 0.710. The molecule has 170 valence electrons. The largest absolute Gasteiger partial charge is 0.439 e. The van der Waals surface area contributed by atoms with Gasteiger partial charge in [-0.25, -0.2) is 13.4 Å². The van der Waals surface area contributed by atoms with Crippen molar-refractivity contribution in [2.24, 2.45) is 0 Å². The first-order valence-corrected chi connectivity index (χ1v) is 12.5. The van der Waals surface area contributed by atoms with Crippen molar-refractivity contribution in [3.05, 3.63) is 29.7 Å². The number of sulfone groups is 1. The number of hydrogen-bond donors (Lipinski definition) is 2. The predicted molar refractivity (Wildman–Crippen MR) is 120 cm³/mol. The van der Waals surface area contributed by atoms with Gasteiger partial charge in [0.15, 0.2) is 15.4 Å². The molecule has 2 aromatic rings. The molecule has 0 spiro atoms. The number of amides is 1. The maximum absolute atomic E-state index is 13.1.